The molecule has 0 saturated carbocycles. The van der Waals surface area contributed by atoms with Gasteiger partial charge >= 0.3 is 12.6 Å². The minimum atomic E-state index is -3.40. The highest BCUT2D eigenvalue weighted by Gasteiger charge is 2.56. The van der Waals surface area contributed by atoms with E-state index in [4.69, 9.17) is 30.3 Å². The van der Waals surface area contributed by atoms with Crippen LogP contribution in [0, 0.1) is 6.92 Å². The van der Waals surface area contributed by atoms with Gasteiger partial charge in [0.05, 0.1) is 20.0 Å². The number of aromatic nitrogens is 4. The van der Waals surface area contributed by atoms with Gasteiger partial charge in [0.25, 0.3) is 0 Å². The van der Waals surface area contributed by atoms with Crippen molar-refractivity contribution in [3.8, 4) is 5.75 Å². The second-order valence-electron chi connectivity index (χ2n) is 9.51. The maximum Gasteiger partial charge on any atom is 0.323 e. The van der Waals surface area contributed by atoms with Gasteiger partial charge in [0.1, 0.15) is 29.8 Å². The molecule has 212 valence electrons. The van der Waals surface area contributed by atoms with E-state index in [1.807, 2.05) is 14.1 Å². The molecule has 3 heterocycles. The molecule has 0 spiro atoms. The molecule has 1 saturated heterocycles. The van der Waals surface area contributed by atoms with Crippen molar-refractivity contribution in [2.24, 2.45) is 0 Å². The van der Waals surface area contributed by atoms with Crippen LogP contribution in [0.2, 0.25) is 0 Å². The van der Waals surface area contributed by atoms with Crippen molar-refractivity contribution in [3.63, 3.8) is 0 Å². The van der Waals surface area contributed by atoms with Crippen molar-refractivity contribution in [1.29, 1.82) is 0 Å². The standard InChI is InChI=1S/C24H32FN6O6PS/c1-14(22(33)34-6)29-38(39,37-16-10-8-7-9-11-16)35-12-17-19(32)24(3,25)23(36-17)31-13-26-18-20(30(4)5)27-15(2)28-21(18)31/h7-11,13-14,17,19,23,32H,12H2,1-6H3,(H,29,39)/t14-,17+,19+,23+,24+,38?/m0/s1. The first kappa shape index (κ1) is 29.2. The van der Waals surface area contributed by atoms with E-state index in [0.29, 0.717) is 28.6 Å². The van der Waals surface area contributed by atoms with Crippen molar-refractivity contribution in [2.45, 2.75) is 50.9 Å². The molecule has 15 heteroatoms. The Bertz CT molecular complexity index is 1380. The second kappa shape index (κ2) is 11.4. The third-order valence-corrected chi connectivity index (χ3v) is 8.69. The van der Waals surface area contributed by atoms with Crippen LogP contribution in [-0.4, -0.2) is 82.3 Å². The summed E-state index contributed by atoms with van der Waals surface area (Å²) in [6, 6.07) is 7.82. The number of methoxy groups -OCH3 is 1. The highest BCUT2D eigenvalue weighted by Crippen LogP contribution is 2.48. The normalized spacial score (nSPS) is 25.3. The number of rotatable bonds is 10. The number of para-hydroxylation sites is 1. The predicted molar refractivity (Wildman–Crippen MR) is 146 cm³/mol. The zero-order valence-electron chi connectivity index (χ0n) is 22.4. The van der Waals surface area contributed by atoms with E-state index in [-0.39, 0.29) is 6.61 Å². The van der Waals surface area contributed by atoms with Crippen LogP contribution in [0.25, 0.3) is 11.2 Å². The molecule has 0 radical (unpaired) electrons. The van der Waals surface area contributed by atoms with Gasteiger partial charge in [0, 0.05) is 14.1 Å². The van der Waals surface area contributed by atoms with Crippen LogP contribution < -0.4 is 14.5 Å². The number of alkyl halides is 1. The maximum absolute atomic E-state index is 16.0. The van der Waals surface area contributed by atoms with Gasteiger partial charge in [-0.05, 0) is 44.7 Å². The summed E-state index contributed by atoms with van der Waals surface area (Å²) in [5.74, 6) is 0.874. The Morgan fingerprint density at radius 1 is 1.36 bits per heavy atom. The van der Waals surface area contributed by atoms with Crippen LogP contribution in [0.1, 0.15) is 25.9 Å². The highest BCUT2D eigenvalue weighted by atomic mass is 32.5. The fourth-order valence-electron chi connectivity index (χ4n) is 4.19. The molecule has 3 aromatic rings. The van der Waals surface area contributed by atoms with Crippen LogP contribution in [0.15, 0.2) is 36.7 Å². The van der Waals surface area contributed by atoms with Crippen molar-refractivity contribution >= 4 is 41.4 Å². The second-order valence-corrected chi connectivity index (χ2v) is 12.6. The maximum atomic E-state index is 16.0. The SMILES string of the molecule is COC(=O)[C@H](C)NP(=S)(OC[C@H]1O[C@@H](n2cnc3c(N(C)C)nc(C)nc32)[C@](C)(F)[C@@H]1O)Oc1ccccc1. The summed E-state index contributed by atoms with van der Waals surface area (Å²) in [6.45, 7) is 0.782. The molecule has 0 amide bonds. The van der Waals surface area contributed by atoms with E-state index in [1.165, 1.54) is 24.9 Å². The van der Waals surface area contributed by atoms with Gasteiger partial charge in [0.2, 0.25) is 0 Å². The lowest BCUT2D eigenvalue weighted by Gasteiger charge is -2.27. The number of aliphatic hydroxyl groups is 1. The summed E-state index contributed by atoms with van der Waals surface area (Å²) >= 11 is 5.66. The summed E-state index contributed by atoms with van der Waals surface area (Å²) in [4.78, 5) is 27.1. The number of carbonyl (C=O) groups is 1. The number of carbonyl (C=O) groups excluding carboxylic acids is 1. The monoisotopic (exact) mass is 582 g/mol. The number of hydrogen-bond donors (Lipinski definition) is 2. The molecule has 0 aliphatic carbocycles. The zero-order chi connectivity index (χ0) is 28.5. The number of nitrogens with zero attached hydrogens (tertiary/aromatic N) is 5. The molecule has 1 aliphatic heterocycles. The summed E-state index contributed by atoms with van der Waals surface area (Å²) in [7, 11) is 4.89. The van der Waals surface area contributed by atoms with Crippen LogP contribution in [0.3, 0.4) is 0 Å². The summed E-state index contributed by atoms with van der Waals surface area (Å²) in [5, 5.41) is 13.8. The quantitative estimate of drug-likeness (QED) is 0.269. The molecule has 1 unspecified atom stereocenters. The minimum Gasteiger partial charge on any atom is -0.468 e. The number of imidazole rings is 1. The van der Waals surface area contributed by atoms with Crippen molar-refractivity contribution < 1.29 is 32.8 Å². The Labute approximate surface area is 230 Å². The van der Waals surface area contributed by atoms with E-state index in [9.17, 15) is 9.90 Å². The number of fused-ring (bicyclic) bond motifs is 1. The van der Waals surface area contributed by atoms with Gasteiger partial charge in [-0.3, -0.25) is 9.36 Å². The van der Waals surface area contributed by atoms with E-state index >= 15 is 4.39 Å². The topological polar surface area (TPSA) is 133 Å². The first-order valence-electron chi connectivity index (χ1n) is 12.1. The van der Waals surface area contributed by atoms with Crippen molar-refractivity contribution in [1.82, 2.24) is 24.6 Å². The summed E-state index contributed by atoms with van der Waals surface area (Å²) < 4.78 is 40.1. The molecule has 2 N–H and O–H groups in total. The number of hydrogen-bond acceptors (Lipinski definition) is 11. The Morgan fingerprint density at radius 2 is 2.05 bits per heavy atom. The van der Waals surface area contributed by atoms with Crippen LogP contribution in [0.4, 0.5) is 10.2 Å². The molecule has 1 aliphatic rings. The minimum absolute atomic E-state index is 0.328. The van der Waals surface area contributed by atoms with Gasteiger partial charge in [-0.15, -0.1) is 0 Å². The summed E-state index contributed by atoms with van der Waals surface area (Å²) in [5.41, 5.74) is -1.42. The molecule has 2 aromatic heterocycles. The zero-order valence-corrected chi connectivity index (χ0v) is 24.1. The van der Waals surface area contributed by atoms with Gasteiger partial charge in [-0.25, -0.2) is 24.4 Å². The number of esters is 1. The first-order chi connectivity index (χ1) is 18.4. The van der Waals surface area contributed by atoms with E-state index < -0.39 is 42.8 Å². The smallest absolute Gasteiger partial charge is 0.323 e. The van der Waals surface area contributed by atoms with Gasteiger partial charge in [-0.1, -0.05) is 18.2 Å². The lowest BCUT2D eigenvalue weighted by molar-refractivity contribution is -0.142. The van der Waals surface area contributed by atoms with Gasteiger partial charge < -0.3 is 28.5 Å². The number of anilines is 1. The van der Waals surface area contributed by atoms with Crippen molar-refractivity contribution in [2.75, 3.05) is 32.7 Å². The molecule has 0 bridgehead atoms. The fraction of sp³-hybridized carbons (Fsp3) is 0.500. The molecule has 4 rings (SSSR count). The van der Waals surface area contributed by atoms with E-state index in [2.05, 4.69) is 20.0 Å². The number of aliphatic hydroxyl groups excluding tert-OH is 1. The van der Waals surface area contributed by atoms with Crippen LogP contribution in [0.5, 0.6) is 5.75 Å². The number of benzene rings is 1. The van der Waals surface area contributed by atoms with E-state index in [1.54, 1.807) is 49.1 Å². The predicted octanol–water partition coefficient (Wildman–Crippen LogP) is 2.66. The molecule has 12 nitrogen and oxygen atoms in total. The molecule has 6 atom stereocenters. The fourth-order valence-corrected chi connectivity index (χ4v) is 6.61. The Hall–Kier alpha value is -2.74. The number of aryl methyl sites for hydroxylation is 1. The number of ether oxygens (including phenoxy) is 2. The lowest BCUT2D eigenvalue weighted by Crippen LogP contribution is -2.41. The average Bonchev–Trinajstić information content (AvgIpc) is 3.39. The van der Waals surface area contributed by atoms with Gasteiger partial charge in [0.15, 0.2) is 28.9 Å². The number of nitrogens with one attached hydrogen (secondary N) is 1. The molecular weight excluding hydrogens is 550 g/mol. The average molecular weight is 583 g/mol. The Balaban J connectivity index is 1.59. The Morgan fingerprint density at radius 3 is 2.69 bits per heavy atom. The largest absolute Gasteiger partial charge is 0.468 e. The molecule has 39 heavy (non-hydrogen) atoms. The van der Waals surface area contributed by atoms with Crippen LogP contribution >= 0.6 is 6.64 Å². The molecule has 1 fully saturated rings. The lowest BCUT2D eigenvalue weighted by atomic mass is 9.98. The van der Waals surface area contributed by atoms with E-state index in [0.717, 1.165) is 0 Å². The third-order valence-electron chi connectivity index (χ3n) is 6.19. The summed E-state index contributed by atoms with van der Waals surface area (Å²) in [6.07, 6.45) is -2.58. The third kappa shape index (κ3) is 6.06. The van der Waals surface area contributed by atoms with Crippen LogP contribution in [-0.2, 0) is 30.6 Å². The Kier molecular flexibility index (Phi) is 8.55. The molecular formula is C24H32FN6O6PS. The number of halogens is 1. The van der Waals surface area contributed by atoms with Gasteiger partial charge in [-0.2, -0.15) is 0 Å². The molecule has 1 aromatic carbocycles. The highest BCUT2D eigenvalue weighted by molar-refractivity contribution is 8.09. The van der Waals surface area contributed by atoms with Crippen molar-refractivity contribution in [3.05, 3.63) is 42.5 Å². The first-order valence-corrected chi connectivity index (χ1v) is 14.8.